The molecule has 0 aliphatic carbocycles. The Hall–Kier alpha value is -2.96. The molecule has 1 aromatic carbocycles. The van der Waals surface area contributed by atoms with Gasteiger partial charge in [0.15, 0.2) is 0 Å². The summed E-state index contributed by atoms with van der Waals surface area (Å²) >= 11 is 0. The van der Waals surface area contributed by atoms with Crippen molar-refractivity contribution in [3.8, 4) is 5.75 Å². The number of aryl methyl sites for hydroxylation is 3. The highest BCUT2D eigenvalue weighted by Gasteiger charge is 2.31. The van der Waals surface area contributed by atoms with Gasteiger partial charge >= 0.3 is 0 Å². The molecule has 2 amide bonds. The summed E-state index contributed by atoms with van der Waals surface area (Å²) in [5.74, 6) is 2.80. The Kier molecular flexibility index (Phi) is 6.44. The molecule has 1 atom stereocenters. The van der Waals surface area contributed by atoms with Gasteiger partial charge in [-0.1, -0.05) is 12.1 Å². The quantitative estimate of drug-likeness (QED) is 0.694. The van der Waals surface area contributed by atoms with Gasteiger partial charge in [0.05, 0.1) is 7.11 Å². The number of benzene rings is 1. The molecule has 0 saturated carbocycles. The third kappa shape index (κ3) is 4.47. The summed E-state index contributed by atoms with van der Waals surface area (Å²) in [4.78, 5) is 38.0. The summed E-state index contributed by atoms with van der Waals surface area (Å²) in [5, 5.41) is 0. The number of amides is 2. The minimum Gasteiger partial charge on any atom is -0.496 e. The molecule has 2 aromatic rings. The SMILES string of the molecule is COc1ccc(CCCC(=O)N2CC[C@H](c3nc(C)c4c(n3)N(C)C(=O)CC4)C2)cc1C. The van der Waals surface area contributed by atoms with Crippen molar-refractivity contribution in [1.29, 1.82) is 0 Å². The number of carbonyl (C=O) groups is 2. The lowest BCUT2D eigenvalue weighted by Crippen LogP contribution is -2.33. The van der Waals surface area contributed by atoms with Gasteiger partial charge in [-0.25, -0.2) is 9.97 Å². The smallest absolute Gasteiger partial charge is 0.228 e. The van der Waals surface area contributed by atoms with Crippen LogP contribution in [0.5, 0.6) is 5.75 Å². The average molecular weight is 437 g/mol. The van der Waals surface area contributed by atoms with Crippen LogP contribution < -0.4 is 9.64 Å². The van der Waals surface area contributed by atoms with Crippen molar-refractivity contribution in [3.63, 3.8) is 0 Å². The molecule has 7 nitrogen and oxygen atoms in total. The zero-order valence-corrected chi connectivity index (χ0v) is 19.5. The molecule has 0 spiro atoms. The molecule has 2 aliphatic rings. The van der Waals surface area contributed by atoms with E-state index in [1.807, 2.05) is 24.8 Å². The van der Waals surface area contributed by atoms with E-state index in [2.05, 4.69) is 12.1 Å². The molecule has 2 aliphatic heterocycles. The lowest BCUT2D eigenvalue weighted by atomic mass is 10.0. The summed E-state index contributed by atoms with van der Waals surface area (Å²) < 4.78 is 5.32. The maximum atomic E-state index is 12.8. The van der Waals surface area contributed by atoms with Gasteiger partial charge < -0.3 is 9.64 Å². The first-order chi connectivity index (χ1) is 15.4. The van der Waals surface area contributed by atoms with Crippen molar-refractivity contribution < 1.29 is 14.3 Å². The van der Waals surface area contributed by atoms with E-state index in [9.17, 15) is 9.59 Å². The van der Waals surface area contributed by atoms with Gasteiger partial charge in [0, 0.05) is 50.2 Å². The largest absolute Gasteiger partial charge is 0.496 e. The standard InChI is InChI=1S/C25H32N4O3/c1-16-14-18(8-10-21(16)32-4)6-5-7-23(31)29-13-12-19(15-29)24-26-17(2)20-9-11-22(30)28(3)25(20)27-24/h8,10,14,19H,5-7,9,11-13,15H2,1-4H3/t19-/m0/s1. The molecule has 1 aromatic heterocycles. The highest BCUT2D eigenvalue weighted by Crippen LogP contribution is 2.31. The first-order valence-corrected chi connectivity index (χ1v) is 11.4. The third-order valence-corrected chi connectivity index (χ3v) is 6.71. The lowest BCUT2D eigenvalue weighted by Gasteiger charge is -2.26. The van der Waals surface area contributed by atoms with Gasteiger partial charge in [0.2, 0.25) is 11.8 Å². The predicted octanol–water partition coefficient (Wildman–Crippen LogP) is 3.35. The van der Waals surface area contributed by atoms with E-state index in [-0.39, 0.29) is 17.7 Å². The average Bonchev–Trinajstić information content (AvgIpc) is 3.27. The molecular formula is C25H32N4O3. The highest BCUT2D eigenvalue weighted by atomic mass is 16.5. The molecule has 7 heteroatoms. The zero-order chi connectivity index (χ0) is 22.8. The normalized spacial score (nSPS) is 18.1. The minimum atomic E-state index is 0.0943. The van der Waals surface area contributed by atoms with E-state index < -0.39 is 0 Å². The van der Waals surface area contributed by atoms with Gasteiger partial charge in [0.1, 0.15) is 17.4 Å². The fraction of sp³-hybridized carbons (Fsp3) is 0.520. The molecular weight excluding hydrogens is 404 g/mol. The van der Waals surface area contributed by atoms with Crippen molar-refractivity contribution in [3.05, 3.63) is 46.4 Å². The van der Waals surface area contributed by atoms with E-state index in [0.717, 1.165) is 60.0 Å². The maximum Gasteiger partial charge on any atom is 0.228 e. The van der Waals surface area contributed by atoms with E-state index in [4.69, 9.17) is 14.7 Å². The van der Waals surface area contributed by atoms with Crippen LogP contribution in [0.3, 0.4) is 0 Å². The second kappa shape index (κ2) is 9.27. The van der Waals surface area contributed by atoms with Crippen LogP contribution in [0.2, 0.25) is 0 Å². The molecule has 1 saturated heterocycles. The van der Waals surface area contributed by atoms with Gasteiger partial charge in [-0.15, -0.1) is 0 Å². The number of likely N-dealkylation sites (tertiary alicyclic amines) is 1. The van der Waals surface area contributed by atoms with Crippen LogP contribution in [0.15, 0.2) is 18.2 Å². The Labute approximate surface area is 189 Å². The number of ether oxygens (including phenoxy) is 1. The number of fused-ring (bicyclic) bond motifs is 1. The van der Waals surface area contributed by atoms with Crippen molar-refractivity contribution in [2.75, 3.05) is 32.1 Å². The molecule has 0 unspecified atom stereocenters. The summed E-state index contributed by atoms with van der Waals surface area (Å²) in [5.41, 5.74) is 4.36. The zero-order valence-electron chi connectivity index (χ0n) is 19.5. The van der Waals surface area contributed by atoms with Gasteiger partial charge in [-0.3, -0.25) is 14.5 Å². The maximum absolute atomic E-state index is 12.8. The number of hydrogen-bond donors (Lipinski definition) is 0. The first-order valence-electron chi connectivity index (χ1n) is 11.4. The molecule has 0 N–H and O–H groups in total. The Balaban J connectivity index is 1.34. The first kappa shape index (κ1) is 22.2. The van der Waals surface area contributed by atoms with Crippen LogP contribution in [0.4, 0.5) is 5.82 Å². The van der Waals surface area contributed by atoms with Crippen LogP contribution in [0.25, 0.3) is 0 Å². The van der Waals surface area contributed by atoms with Gasteiger partial charge in [-0.05, 0) is 56.7 Å². The van der Waals surface area contributed by atoms with Crippen molar-refractivity contribution in [1.82, 2.24) is 14.9 Å². The van der Waals surface area contributed by atoms with Gasteiger partial charge in [-0.2, -0.15) is 0 Å². The molecule has 4 rings (SSSR count). The monoisotopic (exact) mass is 436 g/mol. The Bertz CT molecular complexity index is 1040. The molecule has 32 heavy (non-hydrogen) atoms. The fourth-order valence-corrected chi connectivity index (χ4v) is 4.77. The molecule has 170 valence electrons. The number of anilines is 1. The summed E-state index contributed by atoms with van der Waals surface area (Å²) in [7, 11) is 3.46. The Morgan fingerprint density at radius 2 is 2.03 bits per heavy atom. The number of methoxy groups -OCH3 is 1. The van der Waals surface area contributed by atoms with Crippen LogP contribution in [-0.4, -0.2) is 53.9 Å². The molecule has 1 fully saturated rings. The molecule has 0 radical (unpaired) electrons. The number of aromatic nitrogens is 2. The van der Waals surface area contributed by atoms with E-state index in [1.54, 1.807) is 19.1 Å². The van der Waals surface area contributed by atoms with Crippen LogP contribution in [0.1, 0.15) is 59.8 Å². The fourth-order valence-electron chi connectivity index (χ4n) is 4.77. The number of nitrogens with zero attached hydrogens (tertiary/aromatic N) is 4. The Morgan fingerprint density at radius 1 is 1.22 bits per heavy atom. The summed E-state index contributed by atoms with van der Waals surface area (Å²) in [6.45, 7) is 5.41. The molecule has 3 heterocycles. The van der Waals surface area contributed by atoms with Crippen molar-refractivity contribution in [2.24, 2.45) is 0 Å². The van der Waals surface area contributed by atoms with Crippen LogP contribution >= 0.6 is 0 Å². The lowest BCUT2D eigenvalue weighted by molar-refractivity contribution is -0.130. The van der Waals surface area contributed by atoms with Crippen LogP contribution in [0, 0.1) is 13.8 Å². The van der Waals surface area contributed by atoms with E-state index >= 15 is 0 Å². The number of carbonyl (C=O) groups excluding carboxylic acids is 2. The second-order valence-corrected chi connectivity index (χ2v) is 8.91. The summed E-state index contributed by atoms with van der Waals surface area (Å²) in [6, 6.07) is 6.19. The van der Waals surface area contributed by atoms with Gasteiger partial charge in [0.25, 0.3) is 0 Å². The predicted molar refractivity (Wildman–Crippen MR) is 123 cm³/mol. The minimum absolute atomic E-state index is 0.0943. The van der Waals surface area contributed by atoms with Crippen LogP contribution in [-0.2, 0) is 22.4 Å². The molecule has 0 bridgehead atoms. The van der Waals surface area contributed by atoms with Crippen molar-refractivity contribution >= 4 is 17.6 Å². The second-order valence-electron chi connectivity index (χ2n) is 8.91. The third-order valence-electron chi connectivity index (χ3n) is 6.71. The number of hydrogen-bond acceptors (Lipinski definition) is 5. The van der Waals surface area contributed by atoms with Crippen molar-refractivity contribution in [2.45, 2.75) is 58.3 Å². The van der Waals surface area contributed by atoms with E-state index in [1.165, 1.54) is 5.56 Å². The Morgan fingerprint density at radius 3 is 2.78 bits per heavy atom. The summed E-state index contributed by atoms with van der Waals surface area (Å²) in [6.07, 6.45) is 4.31. The van der Waals surface area contributed by atoms with E-state index in [0.29, 0.717) is 25.8 Å². The topological polar surface area (TPSA) is 75.6 Å². The number of rotatable bonds is 6. The highest BCUT2D eigenvalue weighted by molar-refractivity contribution is 5.94.